The van der Waals surface area contributed by atoms with Gasteiger partial charge in [-0.1, -0.05) is 23.7 Å². The number of halogens is 1. The van der Waals surface area contributed by atoms with E-state index in [1.165, 1.54) is 13.2 Å². The standard InChI is InChI=1S/C21H21ClN2O3/c1-14(2)27-21-18(22)12-16(13-19(21)26-3)6-9-20(25)24-17-7-4-15(5-8-17)10-11-23/h4-9,12-14H,10H2,1-3H3,(H,24,25)/b9-6-. The molecule has 2 aromatic rings. The summed E-state index contributed by atoms with van der Waals surface area (Å²) >= 11 is 6.28. The number of amides is 1. The fourth-order valence-corrected chi connectivity index (χ4v) is 2.60. The van der Waals surface area contributed by atoms with Gasteiger partial charge in [0.25, 0.3) is 0 Å². The average molecular weight is 385 g/mol. The van der Waals surface area contributed by atoms with Crippen LogP contribution in [-0.2, 0) is 11.2 Å². The lowest BCUT2D eigenvalue weighted by Gasteiger charge is -2.15. The molecule has 0 aliphatic rings. The minimum Gasteiger partial charge on any atom is -0.493 e. The molecule has 0 spiro atoms. The Morgan fingerprint density at radius 3 is 2.59 bits per heavy atom. The summed E-state index contributed by atoms with van der Waals surface area (Å²) in [5, 5.41) is 11.9. The van der Waals surface area contributed by atoms with Gasteiger partial charge in [-0.3, -0.25) is 4.79 Å². The fraction of sp³-hybridized carbons (Fsp3) is 0.238. The molecule has 0 saturated carbocycles. The molecule has 6 heteroatoms. The van der Waals surface area contributed by atoms with E-state index in [-0.39, 0.29) is 12.0 Å². The van der Waals surface area contributed by atoms with E-state index >= 15 is 0 Å². The van der Waals surface area contributed by atoms with Crippen LogP contribution in [-0.4, -0.2) is 19.1 Å². The number of ether oxygens (including phenoxy) is 2. The van der Waals surface area contributed by atoms with Crippen molar-refractivity contribution in [1.29, 1.82) is 5.26 Å². The summed E-state index contributed by atoms with van der Waals surface area (Å²) in [6.07, 6.45) is 3.36. The number of carbonyl (C=O) groups is 1. The van der Waals surface area contributed by atoms with Gasteiger partial charge >= 0.3 is 0 Å². The Morgan fingerprint density at radius 1 is 1.30 bits per heavy atom. The molecule has 0 aromatic heterocycles. The third kappa shape index (κ3) is 6.05. The van der Waals surface area contributed by atoms with Crippen LogP contribution in [0.25, 0.3) is 6.08 Å². The summed E-state index contributed by atoms with van der Waals surface area (Å²) in [5.41, 5.74) is 2.27. The predicted octanol–water partition coefficient (Wildman–Crippen LogP) is 4.85. The molecule has 2 rings (SSSR count). The molecule has 1 N–H and O–H groups in total. The molecular weight excluding hydrogens is 364 g/mol. The van der Waals surface area contributed by atoms with Crippen LogP contribution in [0.5, 0.6) is 11.5 Å². The van der Waals surface area contributed by atoms with Gasteiger partial charge in [-0.2, -0.15) is 5.26 Å². The lowest BCUT2D eigenvalue weighted by Crippen LogP contribution is -2.08. The number of hydrogen-bond donors (Lipinski definition) is 1. The molecule has 0 bridgehead atoms. The van der Waals surface area contributed by atoms with Crippen LogP contribution in [0.1, 0.15) is 25.0 Å². The molecule has 1 amide bonds. The number of benzene rings is 2. The molecule has 0 fully saturated rings. The molecule has 140 valence electrons. The van der Waals surface area contributed by atoms with E-state index in [0.717, 1.165) is 5.56 Å². The smallest absolute Gasteiger partial charge is 0.248 e. The van der Waals surface area contributed by atoms with E-state index in [9.17, 15) is 4.79 Å². The molecule has 27 heavy (non-hydrogen) atoms. The maximum Gasteiger partial charge on any atom is 0.248 e. The summed E-state index contributed by atoms with van der Waals surface area (Å²) in [6, 6.07) is 12.7. The Morgan fingerprint density at radius 2 is 2.00 bits per heavy atom. The van der Waals surface area contributed by atoms with Crippen LogP contribution in [0.2, 0.25) is 5.02 Å². The van der Waals surface area contributed by atoms with Crippen molar-refractivity contribution in [3.8, 4) is 17.6 Å². The van der Waals surface area contributed by atoms with Gasteiger partial charge < -0.3 is 14.8 Å². The Labute approximate surface area is 164 Å². The van der Waals surface area contributed by atoms with Crippen molar-refractivity contribution in [2.45, 2.75) is 26.4 Å². The number of nitrogens with one attached hydrogen (secondary N) is 1. The molecule has 0 atom stereocenters. The monoisotopic (exact) mass is 384 g/mol. The maximum atomic E-state index is 12.1. The van der Waals surface area contributed by atoms with Crippen LogP contribution in [0, 0.1) is 11.3 Å². The van der Waals surface area contributed by atoms with E-state index in [1.807, 2.05) is 13.8 Å². The van der Waals surface area contributed by atoms with Crippen molar-refractivity contribution in [2.24, 2.45) is 0 Å². The van der Waals surface area contributed by atoms with E-state index in [0.29, 0.717) is 34.2 Å². The Balaban J connectivity index is 2.09. The first kappa shape index (κ1) is 20.3. The number of nitriles is 1. The quantitative estimate of drug-likeness (QED) is 0.692. The van der Waals surface area contributed by atoms with Crippen LogP contribution in [0.15, 0.2) is 42.5 Å². The molecule has 0 aliphatic heterocycles. The Bertz CT molecular complexity index is 868. The van der Waals surface area contributed by atoms with Gasteiger partial charge in [-0.15, -0.1) is 0 Å². The summed E-state index contributed by atoms with van der Waals surface area (Å²) in [7, 11) is 1.54. The normalized spacial score (nSPS) is 10.7. The van der Waals surface area contributed by atoms with Crippen LogP contribution < -0.4 is 14.8 Å². The van der Waals surface area contributed by atoms with Gasteiger partial charge in [0.2, 0.25) is 5.91 Å². The Kier molecular flexibility index (Phi) is 7.27. The number of methoxy groups -OCH3 is 1. The lowest BCUT2D eigenvalue weighted by atomic mass is 10.1. The topological polar surface area (TPSA) is 71.3 Å². The molecule has 2 aromatic carbocycles. The third-order valence-corrected chi connectivity index (χ3v) is 3.82. The second-order valence-corrected chi connectivity index (χ2v) is 6.46. The fourth-order valence-electron chi connectivity index (χ4n) is 2.34. The van der Waals surface area contributed by atoms with Crippen LogP contribution in [0.4, 0.5) is 5.69 Å². The van der Waals surface area contributed by atoms with Crippen molar-refractivity contribution in [3.63, 3.8) is 0 Å². The highest BCUT2D eigenvalue weighted by Crippen LogP contribution is 2.37. The van der Waals surface area contributed by atoms with Crippen molar-refractivity contribution in [2.75, 3.05) is 12.4 Å². The summed E-state index contributed by atoms with van der Waals surface area (Å²) in [5.74, 6) is 0.707. The molecule has 5 nitrogen and oxygen atoms in total. The van der Waals surface area contributed by atoms with Crippen molar-refractivity contribution in [1.82, 2.24) is 0 Å². The second-order valence-electron chi connectivity index (χ2n) is 6.06. The average Bonchev–Trinajstić information content (AvgIpc) is 2.63. The summed E-state index contributed by atoms with van der Waals surface area (Å²) in [4.78, 5) is 12.1. The van der Waals surface area contributed by atoms with E-state index in [1.54, 1.807) is 42.5 Å². The number of hydrogen-bond acceptors (Lipinski definition) is 4. The number of nitrogens with zero attached hydrogens (tertiary/aromatic N) is 1. The first-order chi connectivity index (χ1) is 12.9. The molecule has 0 unspecified atom stereocenters. The van der Waals surface area contributed by atoms with E-state index < -0.39 is 0 Å². The summed E-state index contributed by atoms with van der Waals surface area (Å²) in [6.45, 7) is 3.81. The highest BCUT2D eigenvalue weighted by Gasteiger charge is 2.12. The molecule has 0 aliphatic carbocycles. The molecule has 0 heterocycles. The van der Waals surface area contributed by atoms with Crippen molar-refractivity contribution >= 4 is 29.3 Å². The Hall–Kier alpha value is -2.97. The van der Waals surface area contributed by atoms with Gasteiger partial charge in [0.05, 0.1) is 30.7 Å². The van der Waals surface area contributed by atoms with Crippen LogP contribution >= 0.6 is 11.6 Å². The first-order valence-electron chi connectivity index (χ1n) is 8.42. The number of rotatable bonds is 7. The SMILES string of the molecule is COc1cc(/C=C\C(=O)Nc2ccc(CC#N)cc2)cc(Cl)c1OC(C)C. The third-order valence-electron chi connectivity index (χ3n) is 3.54. The lowest BCUT2D eigenvalue weighted by molar-refractivity contribution is -0.111. The zero-order chi connectivity index (χ0) is 19.8. The van der Waals surface area contributed by atoms with E-state index in [4.69, 9.17) is 26.3 Å². The first-order valence-corrected chi connectivity index (χ1v) is 8.80. The van der Waals surface area contributed by atoms with Gasteiger partial charge in [0.1, 0.15) is 0 Å². The van der Waals surface area contributed by atoms with Gasteiger partial charge in [0.15, 0.2) is 11.5 Å². The van der Waals surface area contributed by atoms with Gasteiger partial charge in [0, 0.05) is 11.8 Å². The zero-order valence-corrected chi connectivity index (χ0v) is 16.2. The molecule has 0 radical (unpaired) electrons. The summed E-state index contributed by atoms with van der Waals surface area (Å²) < 4.78 is 11.0. The minimum atomic E-state index is -0.277. The van der Waals surface area contributed by atoms with Crippen molar-refractivity contribution in [3.05, 3.63) is 58.6 Å². The largest absolute Gasteiger partial charge is 0.493 e. The predicted molar refractivity (Wildman–Crippen MR) is 107 cm³/mol. The highest BCUT2D eigenvalue weighted by molar-refractivity contribution is 6.32. The number of carbonyl (C=O) groups excluding carboxylic acids is 1. The maximum absolute atomic E-state index is 12.1. The molecular formula is C21H21ClN2O3. The van der Waals surface area contributed by atoms with Crippen molar-refractivity contribution < 1.29 is 14.3 Å². The molecule has 0 saturated heterocycles. The van der Waals surface area contributed by atoms with Gasteiger partial charge in [-0.05, 0) is 55.3 Å². The minimum absolute atomic E-state index is 0.0388. The van der Waals surface area contributed by atoms with E-state index in [2.05, 4.69) is 11.4 Å². The highest BCUT2D eigenvalue weighted by atomic mass is 35.5. The van der Waals surface area contributed by atoms with Gasteiger partial charge in [-0.25, -0.2) is 0 Å². The second kappa shape index (κ2) is 9.65. The van der Waals surface area contributed by atoms with Crippen LogP contribution in [0.3, 0.4) is 0 Å². The zero-order valence-electron chi connectivity index (χ0n) is 15.5. The number of anilines is 1.